The maximum Gasteiger partial charge on any atom is 0.113 e. The maximum absolute atomic E-state index is 6.67. The Morgan fingerprint density at radius 1 is 1.14 bits per heavy atom. The molecule has 3 rings (SSSR count). The average Bonchev–Trinajstić information content (AvgIpc) is 2.67. The molecule has 1 aromatic heterocycles. The van der Waals surface area contributed by atoms with Gasteiger partial charge in [-0.05, 0) is 25.8 Å². The number of hydrogen-bond acceptors (Lipinski definition) is 1. The van der Waals surface area contributed by atoms with Crippen LogP contribution in [0.5, 0.6) is 0 Å². The van der Waals surface area contributed by atoms with Crippen molar-refractivity contribution < 1.29 is 0 Å². The molecule has 3 heteroatoms. The van der Waals surface area contributed by atoms with Gasteiger partial charge in [-0.2, -0.15) is 0 Å². The third-order valence-corrected chi connectivity index (χ3v) is 4.39. The number of hydrogen-bond donors (Lipinski definition) is 1. The predicted octanol–water partition coefficient (Wildman–Crippen LogP) is 2.00. The summed E-state index contributed by atoms with van der Waals surface area (Å²) in [6.45, 7) is 18.6. The fourth-order valence-corrected chi connectivity index (χ4v) is 3.16. The van der Waals surface area contributed by atoms with E-state index in [0.29, 0.717) is 0 Å². The van der Waals surface area contributed by atoms with Gasteiger partial charge in [0.05, 0.1) is 0 Å². The summed E-state index contributed by atoms with van der Waals surface area (Å²) < 4.78 is 2.01. The first-order valence-electron chi connectivity index (χ1n) is 7.07. The summed E-state index contributed by atoms with van der Waals surface area (Å²) in [6, 6.07) is 6.30. The van der Waals surface area contributed by atoms with Gasteiger partial charge in [0.2, 0.25) is 0 Å². The standard InChI is InChI=1S/C18H19BN2/c1-11-6-7-16-13(3)21(14(4)17(16)10-11)18(19)9-8-12(2)20-15(18)5/h6-7,10,20H,2-5,8-9H2,1H3. The van der Waals surface area contributed by atoms with Crippen LogP contribution in [0.2, 0.25) is 0 Å². The number of rotatable bonds is 1. The van der Waals surface area contributed by atoms with Crippen LogP contribution in [0.15, 0.2) is 42.8 Å². The van der Waals surface area contributed by atoms with E-state index in [0.717, 1.165) is 45.7 Å². The van der Waals surface area contributed by atoms with Crippen molar-refractivity contribution in [3.05, 3.63) is 59.0 Å². The number of piperidine rings is 1. The number of benzene rings is 1. The normalized spacial score (nSPS) is 22.5. The topological polar surface area (TPSA) is 17.0 Å². The fourth-order valence-electron chi connectivity index (χ4n) is 3.16. The van der Waals surface area contributed by atoms with E-state index < -0.39 is 5.44 Å². The number of nitrogens with zero attached hydrogens (tertiary/aromatic N) is 1. The van der Waals surface area contributed by atoms with E-state index in [-0.39, 0.29) is 0 Å². The fraction of sp³-hybridized carbons (Fsp3) is 0.222. The van der Waals surface area contributed by atoms with Crippen molar-refractivity contribution in [2.75, 3.05) is 0 Å². The minimum absolute atomic E-state index is 0.720. The zero-order valence-corrected chi connectivity index (χ0v) is 12.5. The van der Waals surface area contributed by atoms with Gasteiger partial charge >= 0.3 is 0 Å². The molecule has 1 aliphatic heterocycles. The van der Waals surface area contributed by atoms with Crippen LogP contribution in [-0.4, -0.2) is 12.4 Å². The molecule has 2 heterocycles. The molecule has 2 radical (unpaired) electrons. The molecule has 0 bridgehead atoms. The Morgan fingerprint density at radius 2 is 1.81 bits per heavy atom. The second-order valence-corrected chi connectivity index (χ2v) is 5.91. The SMILES string of the molecule is [B]C1(n2c(=C)c3ccc(C)cc3c2=C)CCC(=C)NC1=C. The van der Waals surface area contributed by atoms with Gasteiger partial charge in [-0.3, -0.25) is 0 Å². The summed E-state index contributed by atoms with van der Waals surface area (Å²) in [6.07, 6.45) is 1.55. The second-order valence-electron chi connectivity index (χ2n) is 5.91. The molecule has 1 aromatic carbocycles. The monoisotopic (exact) mass is 274 g/mol. The van der Waals surface area contributed by atoms with Crippen LogP contribution in [0, 0.1) is 6.92 Å². The summed E-state index contributed by atoms with van der Waals surface area (Å²) in [4.78, 5) is 0. The highest BCUT2D eigenvalue weighted by atomic mass is 15.1. The Kier molecular flexibility index (Phi) is 2.91. The van der Waals surface area contributed by atoms with Crippen LogP contribution in [0.4, 0.5) is 0 Å². The van der Waals surface area contributed by atoms with Crippen molar-refractivity contribution >= 4 is 31.8 Å². The van der Waals surface area contributed by atoms with Crippen molar-refractivity contribution in [2.24, 2.45) is 0 Å². The first-order chi connectivity index (χ1) is 9.84. The van der Waals surface area contributed by atoms with Gasteiger partial charge in [-0.1, -0.05) is 44.0 Å². The van der Waals surface area contributed by atoms with Crippen molar-refractivity contribution in [2.45, 2.75) is 25.2 Å². The molecule has 1 unspecified atom stereocenters. The number of nitrogens with one attached hydrogen (secondary N) is 1. The Morgan fingerprint density at radius 3 is 2.48 bits per heavy atom. The van der Waals surface area contributed by atoms with E-state index >= 15 is 0 Å². The lowest BCUT2D eigenvalue weighted by Gasteiger charge is -2.40. The van der Waals surface area contributed by atoms with Gasteiger partial charge in [0.25, 0.3) is 0 Å². The van der Waals surface area contributed by atoms with Crippen molar-refractivity contribution in [3.8, 4) is 0 Å². The predicted molar refractivity (Wildman–Crippen MR) is 91.3 cm³/mol. The molecule has 1 N–H and O–H groups in total. The molecule has 2 nitrogen and oxygen atoms in total. The Labute approximate surface area is 126 Å². The van der Waals surface area contributed by atoms with Crippen LogP contribution in [0.1, 0.15) is 18.4 Å². The molecule has 0 aliphatic carbocycles. The lowest BCUT2D eigenvalue weighted by Crippen LogP contribution is -2.52. The number of fused-ring (bicyclic) bond motifs is 1. The Hall–Kier alpha value is -2.16. The molecule has 1 aliphatic rings. The van der Waals surface area contributed by atoms with Gasteiger partial charge in [0, 0.05) is 38.3 Å². The summed E-state index contributed by atoms with van der Waals surface area (Å²) in [5, 5.41) is 7.15. The van der Waals surface area contributed by atoms with Gasteiger partial charge in [-0.15, -0.1) is 0 Å². The molecule has 1 saturated heterocycles. The Bertz CT molecular complexity index is 875. The summed E-state index contributed by atoms with van der Waals surface area (Å²) >= 11 is 0. The highest BCUT2D eigenvalue weighted by Crippen LogP contribution is 2.30. The number of aromatic nitrogens is 1. The van der Waals surface area contributed by atoms with Crippen LogP contribution in [-0.2, 0) is 5.44 Å². The van der Waals surface area contributed by atoms with Crippen LogP contribution in [0.3, 0.4) is 0 Å². The molecule has 0 amide bonds. The lowest BCUT2D eigenvalue weighted by atomic mass is 9.69. The summed E-state index contributed by atoms with van der Waals surface area (Å²) in [5.41, 5.74) is 2.17. The molecular weight excluding hydrogens is 255 g/mol. The van der Waals surface area contributed by atoms with E-state index in [4.69, 9.17) is 7.85 Å². The quantitative estimate of drug-likeness (QED) is 0.787. The third-order valence-electron chi connectivity index (χ3n) is 4.39. The van der Waals surface area contributed by atoms with E-state index in [1.165, 1.54) is 5.56 Å². The summed E-state index contributed by atoms with van der Waals surface area (Å²) in [5.74, 6) is 0. The van der Waals surface area contributed by atoms with E-state index in [9.17, 15) is 0 Å². The first-order valence-corrected chi connectivity index (χ1v) is 7.07. The average molecular weight is 274 g/mol. The molecule has 1 atom stereocenters. The van der Waals surface area contributed by atoms with Gasteiger partial charge < -0.3 is 9.88 Å². The minimum Gasteiger partial charge on any atom is -0.362 e. The molecule has 104 valence electrons. The van der Waals surface area contributed by atoms with Crippen LogP contribution in [0.25, 0.3) is 23.9 Å². The van der Waals surface area contributed by atoms with Gasteiger partial charge in [0.1, 0.15) is 7.85 Å². The second kappa shape index (κ2) is 4.42. The largest absolute Gasteiger partial charge is 0.362 e. The van der Waals surface area contributed by atoms with Crippen LogP contribution >= 0.6 is 0 Å². The number of aryl methyl sites for hydroxylation is 1. The molecule has 0 spiro atoms. The van der Waals surface area contributed by atoms with Crippen molar-refractivity contribution in [1.82, 2.24) is 9.88 Å². The molecule has 21 heavy (non-hydrogen) atoms. The van der Waals surface area contributed by atoms with E-state index in [1.54, 1.807) is 0 Å². The van der Waals surface area contributed by atoms with E-state index in [1.807, 2.05) is 4.57 Å². The van der Waals surface area contributed by atoms with Crippen LogP contribution < -0.4 is 16.0 Å². The molecule has 0 saturated carbocycles. The van der Waals surface area contributed by atoms with Crippen molar-refractivity contribution in [3.63, 3.8) is 0 Å². The first kappa shape index (κ1) is 13.8. The highest BCUT2D eigenvalue weighted by molar-refractivity contribution is 6.16. The smallest absolute Gasteiger partial charge is 0.113 e. The van der Waals surface area contributed by atoms with E-state index in [2.05, 4.69) is 56.8 Å². The Balaban J connectivity index is 2.31. The molecule has 2 aromatic rings. The van der Waals surface area contributed by atoms with Gasteiger partial charge in [-0.25, -0.2) is 0 Å². The lowest BCUT2D eigenvalue weighted by molar-refractivity contribution is 0.399. The third kappa shape index (κ3) is 1.88. The zero-order chi connectivity index (χ0) is 15.4. The highest BCUT2D eigenvalue weighted by Gasteiger charge is 2.34. The molecular formula is C18H19BN2. The minimum atomic E-state index is -0.720. The van der Waals surface area contributed by atoms with Crippen molar-refractivity contribution in [1.29, 1.82) is 0 Å². The zero-order valence-electron chi connectivity index (χ0n) is 12.5. The molecule has 1 fully saturated rings. The summed E-state index contributed by atoms with van der Waals surface area (Å²) in [7, 11) is 6.67. The van der Waals surface area contributed by atoms with Gasteiger partial charge in [0.15, 0.2) is 0 Å². The maximum atomic E-state index is 6.67. The number of allylic oxidation sites excluding steroid dienone is 2.